The lowest BCUT2D eigenvalue weighted by atomic mass is 10.2. The smallest absolute Gasteiger partial charge is 0.0264 e. The molecule has 0 fully saturated rings. The van der Waals surface area contributed by atoms with E-state index in [2.05, 4.69) is 25.1 Å². The normalized spacial score (nSPS) is 15.2. The molecule has 0 aromatic heterocycles. The molecule has 0 spiro atoms. The Morgan fingerprint density at radius 3 is 2.67 bits per heavy atom. The molecule has 70 valence electrons. The first-order chi connectivity index (χ1) is 5.74. The number of hydrogen-bond donors (Lipinski definition) is 1. The highest BCUT2D eigenvalue weighted by Gasteiger charge is 2.06. The van der Waals surface area contributed by atoms with Gasteiger partial charge in [0.15, 0.2) is 0 Å². The summed E-state index contributed by atoms with van der Waals surface area (Å²) < 4.78 is 0. The van der Waals surface area contributed by atoms with E-state index < -0.39 is 0 Å². The Labute approximate surface area is 80.7 Å². The lowest BCUT2D eigenvalue weighted by Crippen LogP contribution is -2.27. The topological polar surface area (TPSA) is 12.0 Å². The van der Waals surface area contributed by atoms with Crippen LogP contribution in [-0.4, -0.2) is 24.1 Å². The second-order valence-corrected chi connectivity index (χ2v) is 4.42. The van der Waals surface area contributed by atoms with Crippen molar-refractivity contribution in [1.29, 1.82) is 0 Å². The second-order valence-electron chi connectivity index (χ2n) is 2.95. The summed E-state index contributed by atoms with van der Waals surface area (Å²) in [7, 11) is 1.97. The van der Waals surface area contributed by atoms with Crippen LogP contribution in [0.5, 0.6) is 0 Å². The van der Waals surface area contributed by atoms with Crippen molar-refractivity contribution < 1.29 is 0 Å². The largest absolute Gasteiger partial charge is 0.315 e. The standard InChI is InChI=1S/C10H19NS/c1-5-7-10(11-4)8-12-9(3)6-2/h1,9-11H,6-8H2,2-4H3. The molecule has 2 heteroatoms. The Balaban J connectivity index is 3.51. The third-order valence-electron chi connectivity index (χ3n) is 1.93. The summed E-state index contributed by atoms with van der Waals surface area (Å²) in [4.78, 5) is 0. The van der Waals surface area contributed by atoms with Crippen molar-refractivity contribution in [1.82, 2.24) is 5.32 Å². The van der Waals surface area contributed by atoms with Crippen LogP contribution in [0.2, 0.25) is 0 Å². The van der Waals surface area contributed by atoms with Gasteiger partial charge in [-0.05, 0) is 13.5 Å². The predicted octanol–water partition coefficient (Wildman–Crippen LogP) is 2.13. The Kier molecular flexibility index (Phi) is 7.43. The fourth-order valence-electron chi connectivity index (χ4n) is 0.785. The van der Waals surface area contributed by atoms with Gasteiger partial charge in [-0.25, -0.2) is 0 Å². The van der Waals surface area contributed by atoms with E-state index in [1.54, 1.807) is 0 Å². The van der Waals surface area contributed by atoms with Crippen molar-refractivity contribution in [3.05, 3.63) is 0 Å². The molecule has 0 heterocycles. The Morgan fingerprint density at radius 2 is 2.25 bits per heavy atom. The first-order valence-corrected chi connectivity index (χ1v) is 5.51. The van der Waals surface area contributed by atoms with Crippen molar-refractivity contribution in [3.63, 3.8) is 0 Å². The molecule has 0 saturated carbocycles. The van der Waals surface area contributed by atoms with Gasteiger partial charge in [-0.15, -0.1) is 12.3 Å². The van der Waals surface area contributed by atoms with E-state index in [0.29, 0.717) is 6.04 Å². The third-order valence-corrected chi connectivity index (χ3v) is 3.43. The van der Waals surface area contributed by atoms with Crippen molar-refractivity contribution in [2.24, 2.45) is 0 Å². The van der Waals surface area contributed by atoms with Crippen LogP contribution in [0.4, 0.5) is 0 Å². The highest BCUT2D eigenvalue weighted by atomic mass is 32.2. The monoisotopic (exact) mass is 185 g/mol. The van der Waals surface area contributed by atoms with Crippen molar-refractivity contribution in [2.75, 3.05) is 12.8 Å². The highest BCUT2D eigenvalue weighted by Crippen LogP contribution is 2.15. The van der Waals surface area contributed by atoms with E-state index in [4.69, 9.17) is 6.42 Å². The van der Waals surface area contributed by atoms with Gasteiger partial charge in [0.25, 0.3) is 0 Å². The SMILES string of the molecule is C#CCC(CSC(C)CC)NC. The van der Waals surface area contributed by atoms with Crippen molar-refractivity contribution in [2.45, 2.75) is 38.0 Å². The second kappa shape index (κ2) is 7.52. The van der Waals surface area contributed by atoms with E-state index in [-0.39, 0.29) is 0 Å². The van der Waals surface area contributed by atoms with Crippen LogP contribution in [0.15, 0.2) is 0 Å². The lowest BCUT2D eigenvalue weighted by molar-refractivity contribution is 0.635. The summed E-state index contributed by atoms with van der Waals surface area (Å²) in [5.74, 6) is 3.81. The first kappa shape index (κ1) is 11.9. The minimum absolute atomic E-state index is 0.481. The van der Waals surface area contributed by atoms with Gasteiger partial charge in [0, 0.05) is 23.5 Å². The van der Waals surface area contributed by atoms with Crippen LogP contribution in [0.3, 0.4) is 0 Å². The average molecular weight is 185 g/mol. The summed E-state index contributed by atoms with van der Waals surface area (Å²) in [6.45, 7) is 4.47. The number of hydrogen-bond acceptors (Lipinski definition) is 2. The molecule has 0 aliphatic heterocycles. The maximum atomic E-state index is 5.24. The van der Waals surface area contributed by atoms with E-state index in [1.807, 2.05) is 18.8 Å². The molecule has 1 nitrogen and oxygen atoms in total. The van der Waals surface area contributed by atoms with Crippen LogP contribution >= 0.6 is 11.8 Å². The van der Waals surface area contributed by atoms with Gasteiger partial charge in [0.1, 0.15) is 0 Å². The molecular formula is C10H19NS. The summed E-state index contributed by atoms with van der Waals surface area (Å²) in [5.41, 5.74) is 0. The quantitative estimate of drug-likeness (QED) is 0.636. The van der Waals surface area contributed by atoms with Gasteiger partial charge in [0.2, 0.25) is 0 Å². The lowest BCUT2D eigenvalue weighted by Gasteiger charge is -2.15. The number of rotatable bonds is 6. The molecule has 2 atom stereocenters. The van der Waals surface area contributed by atoms with E-state index in [0.717, 1.165) is 17.4 Å². The van der Waals surface area contributed by atoms with E-state index in [1.165, 1.54) is 6.42 Å². The molecule has 0 radical (unpaired) electrons. The zero-order valence-corrected chi connectivity index (χ0v) is 9.08. The van der Waals surface area contributed by atoms with Crippen LogP contribution < -0.4 is 5.32 Å². The van der Waals surface area contributed by atoms with Gasteiger partial charge in [0.05, 0.1) is 0 Å². The fourth-order valence-corrected chi connectivity index (χ4v) is 1.87. The van der Waals surface area contributed by atoms with Gasteiger partial charge >= 0.3 is 0 Å². The zero-order valence-electron chi connectivity index (χ0n) is 8.26. The molecule has 0 aromatic rings. The maximum Gasteiger partial charge on any atom is 0.0264 e. The van der Waals surface area contributed by atoms with Crippen LogP contribution in [-0.2, 0) is 0 Å². The number of terminal acetylenes is 1. The van der Waals surface area contributed by atoms with Crippen molar-refractivity contribution >= 4 is 11.8 Å². The summed E-state index contributed by atoms with van der Waals surface area (Å²) in [6, 6.07) is 0.481. The zero-order chi connectivity index (χ0) is 9.40. The predicted molar refractivity (Wildman–Crippen MR) is 58.5 cm³/mol. The van der Waals surface area contributed by atoms with Gasteiger partial charge in [-0.3, -0.25) is 0 Å². The molecule has 0 rings (SSSR count). The van der Waals surface area contributed by atoms with Crippen LogP contribution in [0.1, 0.15) is 26.7 Å². The molecule has 0 bridgehead atoms. The molecule has 0 aromatic carbocycles. The third kappa shape index (κ3) is 5.51. The van der Waals surface area contributed by atoms with E-state index in [9.17, 15) is 0 Å². The molecule has 0 aliphatic carbocycles. The molecule has 12 heavy (non-hydrogen) atoms. The fraction of sp³-hybridized carbons (Fsp3) is 0.800. The molecule has 2 unspecified atom stereocenters. The van der Waals surface area contributed by atoms with Gasteiger partial charge < -0.3 is 5.32 Å². The average Bonchev–Trinajstić information content (AvgIpc) is 2.11. The Bertz CT molecular complexity index is 139. The molecule has 0 amide bonds. The summed E-state index contributed by atoms with van der Waals surface area (Å²) in [6.07, 6.45) is 7.31. The minimum Gasteiger partial charge on any atom is -0.315 e. The first-order valence-electron chi connectivity index (χ1n) is 4.46. The van der Waals surface area contributed by atoms with Crippen LogP contribution in [0, 0.1) is 12.3 Å². The molecular weight excluding hydrogens is 166 g/mol. The number of nitrogens with one attached hydrogen (secondary N) is 1. The van der Waals surface area contributed by atoms with Crippen molar-refractivity contribution in [3.8, 4) is 12.3 Å². The Morgan fingerprint density at radius 1 is 1.58 bits per heavy atom. The van der Waals surface area contributed by atoms with Gasteiger partial charge in [-0.2, -0.15) is 11.8 Å². The van der Waals surface area contributed by atoms with Gasteiger partial charge in [-0.1, -0.05) is 13.8 Å². The summed E-state index contributed by atoms with van der Waals surface area (Å²) in [5, 5.41) is 3.97. The van der Waals surface area contributed by atoms with E-state index >= 15 is 0 Å². The molecule has 0 aliphatic rings. The Hall–Kier alpha value is -0.130. The summed E-state index contributed by atoms with van der Waals surface area (Å²) >= 11 is 1.99. The number of thioether (sulfide) groups is 1. The van der Waals surface area contributed by atoms with Crippen LogP contribution in [0.25, 0.3) is 0 Å². The molecule has 0 saturated heterocycles. The minimum atomic E-state index is 0.481. The highest BCUT2D eigenvalue weighted by molar-refractivity contribution is 7.99. The molecule has 1 N–H and O–H groups in total. The maximum absolute atomic E-state index is 5.24.